The molecule has 0 amide bonds. The fourth-order valence-electron chi connectivity index (χ4n) is 5.12. The second-order valence-electron chi connectivity index (χ2n) is 9.34. The standard InChI is InChI=1S/C25H31F2N5O2/c1-15-20-12-17(5-8-26)13-21(27)23(20)30-24(22(15)25-28-16(2)31-34-25)32-9-6-18(7-10-32)29-19-4-3-11-33-14-19/h12-13,18-19,29H,3-11,14H2,1-2H3/t19-/m0/s1. The largest absolute Gasteiger partial charge is 0.380 e. The molecule has 2 saturated heterocycles. The molecule has 9 heteroatoms. The molecule has 0 spiro atoms. The van der Waals surface area contributed by atoms with E-state index in [9.17, 15) is 4.39 Å². The number of aromatic nitrogens is 3. The zero-order valence-electron chi connectivity index (χ0n) is 19.7. The Labute approximate surface area is 197 Å². The predicted molar refractivity (Wildman–Crippen MR) is 126 cm³/mol. The van der Waals surface area contributed by atoms with E-state index in [0.717, 1.165) is 63.1 Å². The Hall–Kier alpha value is -2.65. The van der Waals surface area contributed by atoms with E-state index in [0.29, 0.717) is 40.6 Å². The van der Waals surface area contributed by atoms with Crippen LogP contribution < -0.4 is 10.2 Å². The van der Waals surface area contributed by atoms with Gasteiger partial charge in [-0.3, -0.25) is 4.39 Å². The normalized spacial score (nSPS) is 19.8. The van der Waals surface area contributed by atoms with Gasteiger partial charge < -0.3 is 19.5 Å². The Morgan fingerprint density at radius 3 is 2.62 bits per heavy atom. The molecule has 2 aliphatic heterocycles. The highest BCUT2D eigenvalue weighted by atomic mass is 19.1. The molecule has 2 fully saturated rings. The minimum Gasteiger partial charge on any atom is -0.380 e. The van der Waals surface area contributed by atoms with Crippen molar-refractivity contribution in [1.82, 2.24) is 20.4 Å². The first-order valence-electron chi connectivity index (χ1n) is 12.1. The number of hydrogen-bond acceptors (Lipinski definition) is 7. The fourth-order valence-corrected chi connectivity index (χ4v) is 5.12. The molecule has 1 N–H and O–H groups in total. The maximum absolute atomic E-state index is 15.1. The molecular formula is C25H31F2N5O2. The number of aryl methyl sites for hydroxylation is 3. The third kappa shape index (κ3) is 4.63. The van der Waals surface area contributed by atoms with Crippen LogP contribution >= 0.6 is 0 Å². The number of nitrogens with zero attached hydrogens (tertiary/aromatic N) is 4. The molecule has 5 rings (SSSR count). The van der Waals surface area contributed by atoms with E-state index in [1.54, 1.807) is 6.92 Å². The van der Waals surface area contributed by atoms with Crippen LogP contribution in [0.4, 0.5) is 14.6 Å². The Kier molecular flexibility index (Phi) is 6.74. The van der Waals surface area contributed by atoms with Crippen molar-refractivity contribution < 1.29 is 18.0 Å². The van der Waals surface area contributed by atoms with Crippen molar-refractivity contribution in [2.24, 2.45) is 0 Å². The maximum Gasteiger partial charge on any atom is 0.261 e. The molecular weight excluding hydrogens is 440 g/mol. The van der Waals surface area contributed by atoms with Crippen LogP contribution in [0.2, 0.25) is 0 Å². The summed E-state index contributed by atoms with van der Waals surface area (Å²) in [7, 11) is 0. The number of fused-ring (bicyclic) bond motifs is 1. The number of benzene rings is 1. The van der Waals surface area contributed by atoms with E-state index in [2.05, 4.69) is 20.4 Å². The van der Waals surface area contributed by atoms with Crippen molar-refractivity contribution in [3.05, 3.63) is 34.9 Å². The molecule has 182 valence electrons. The first-order chi connectivity index (χ1) is 16.5. The van der Waals surface area contributed by atoms with Crippen LogP contribution in [-0.2, 0) is 11.2 Å². The molecule has 2 aromatic heterocycles. The minimum absolute atomic E-state index is 0.162. The van der Waals surface area contributed by atoms with Gasteiger partial charge in [-0.1, -0.05) is 5.16 Å². The van der Waals surface area contributed by atoms with E-state index in [-0.39, 0.29) is 11.9 Å². The van der Waals surface area contributed by atoms with Crippen LogP contribution in [0.3, 0.4) is 0 Å². The summed E-state index contributed by atoms with van der Waals surface area (Å²) >= 11 is 0. The van der Waals surface area contributed by atoms with Crippen LogP contribution in [0.1, 0.15) is 42.6 Å². The molecule has 1 atom stereocenters. The van der Waals surface area contributed by atoms with Crippen LogP contribution in [-0.4, -0.2) is 60.2 Å². The number of nitrogens with one attached hydrogen (secondary N) is 1. The second-order valence-corrected chi connectivity index (χ2v) is 9.34. The fraction of sp³-hybridized carbons (Fsp3) is 0.560. The van der Waals surface area contributed by atoms with Crippen molar-refractivity contribution in [1.29, 1.82) is 0 Å². The van der Waals surface area contributed by atoms with E-state index < -0.39 is 12.5 Å². The average molecular weight is 472 g/mol. The van der Waals surface area contributed by atoms with Gasteiger partial charge in [-0.2, -0.15) is 4.98 Å². The Morgan fingerprint density at radius 1 is 1.12 bits per heavy atom. The molecule has 34 heavy (non-hydrogen) atoms. The number of rotatable bonds is 6. The van der Waals surface area contributed by atoms with Crippen LogP contribution in [0.5, 0.6) is 0 Å². The lowest BCUT2D eigenvalue weighted by atomic mass is 9.98. The van der Waals surface area contributed by atoms with Gasteiger partial charge in [0.1, 0.15) is 17.2 Å². The van der Waals surface area contributed by atoms with Crippen molar-refractivity contribution in [3.63, 3.8) is 0 Å². The Balaban J connectivity index is 1.48. The van der Waals surface area contributed by atoms with Gasteiger partial charge >= 0.3 is 0 Å². The van der Waals surface area contributed by atoms with Crippen LogP contribution in [0.15, 0.2) is 16.7 Å². The van der Waals surface area contributed by atoms with Crippen LogP contribution in [0, 0.1) is 19.7 Å². The van der Waals surface area contributed by atoms with Gasteiger partial charge in [0.05, 0.1) is 18.8 Å². The number of pyridine rings is 1. The van der Waals surface area contributed by atoms with Crippen molar-refractivity contribution in [2.75, 3.05) is 37.9 Å². The van der Waals surface area contributed by atoms with E-state index >= 15 is 4.39 Å². The smallest absolute Gasteiger partial charge is 0.261 e. The van der Waals surface area contributed by atoms with Gasteiger partial charge in [0.15, 0.2) is 5.82 Å². The highest BCUT2D eigenvalue weighted by Gasteiger charge is 2.28. The van der Waals surface area contributed by atoms with Gasteiger partial charge in [0, 0.05) is 43.6 Å². The first-order valence-corrected chi connectivity index (χ1v) is 12.1. The van der Waals surface area contributed by atoms with Crippen molar-refractivity contribution >= 4 is 16.7 Å². The monoisotopic (exact) mass is 471 g/mol. The lowest BCUT2D eigenvalue weighted by Crippen LogP contribution is -2.48. The zero-order valence-corrected chi connectivity index (χ0v) is 19.7. The van der Waals surface area contributed by atoms with Gasteiger partial charge in [-0.15, -0.1) is 0 Å². The summed E-state index contributed by atoms with van der Waals surface area (Å²) in [5, 5.41) is 8.35. The van der Waals surface area contributed by atoms with E-state index in [1.165, 1.54) is 6.07 Å². The number of alkyl halides is 1. The first kappa shape index (κ1) is 23.1. The molecule has 0 saturated carbocycles. The zero-order chi connectivity index (χ0) is 23.7. The van der Waals surface area contributed by atoms with Crippen LogP contribution in [0.25, 0.3) is 22.4 Å². The molecule has 0 aliphatic carbocycles. The summed E-state index contributed by atoms with van der Waals surface area (Å²) in [4.78, 5) is 11.4. The quantitative estimate of drug-likeness (QED) is 0.575. The molecule has 4 heterocycles. The number of piperidine rings is 1. The molecule has 0 unspecified atom stereocenters. The highest BCUT2D eigenvalue weighted by molar-refractivity contribution is 5.93. The summed E-state index contributed by atoms with van der Waals surface area (Å²) < 4.78 is 39.2. The number of ether oxygens (including phenoxy) is 1. The van der Waals surface area contributed by atoms with E-state index in [1.807, 2.05) is 13.0 Å². The lowest BCUT2D eigenvalue weighted by molar-refractivity contribution is 0.0650. The molecule has 7 nitrogen and oxygen atoms in total. The third-order valence-corrected chi connectivity index (χ3v) is 6.89. The third-order valence-electron chi connectivity index (χ3n) is 6.89. The summed E-state index contributed by atoms with van der Waals surface area (Å²) in [6.07, 6.45) is 4.32. The molecule has 0 bridgehead atoms. The SMILES string of the molecule is Cc1noc(-c2c(N3CCC(N[C@H]4CCCOC4)CC3)nc3c(F)cc(CCF)cc3c2C)n1. The van der Waals surface area contributed by atoms with Gasteiger partial charge in [-0.05, 0) is 62.8 Å². The summed E-state index contributed by atoms with van der Waals surface area (Å²) in [5.41, 5.74) is 2.42. The molecule has 3 aromatic rings. The molecule has 1 aromatic carbocycles. The predicted octanol–water partition coefficient (Wildman–Crippen LogP) is 4.29. The lowest BCUT2D eigenvalue weighted by Gasteiger charge is -2.36. The summed E-state index contributed by atoms with van der Waals surface area (Å²) in [6, 6.07) is 4.03. The number of anilines is 1. The van der Waals surface area contributed by atoms with Crippen molar-refractivity contribution in [2.45, 2.75) is 58.0 Å². The van der Waals surface area contributed by atoms with Crippen molar-refractivity contribution in [3.8, 4) is 11.5 Å². The average Bonchev–Trinajstić information content (AvgIpc) is 3.26. The number of halogens is 2. The topological polar surface area (TPSA) is 76.3 Å². The summed E-state index contributed by atoms with van der Waals surface area (Å²) in [5.74, 6) is 1.11. The second kappa shape index (κ2) is 9.92. The van der Waals surface area contributed by atoms with Gasteiger partial charge in [0.2, 0.25) is 0 Å². The summed E-state index contributed by atoms with van der Waals surface area (Å²) in [6.45, 7) is 6.33. The molecule has 0 radical (unpaired) electrons. The molecule has 2 aliphatic rings. The Bertz CT molecular complexity index is 1150. The maximum atomic E-state index is 15.1. The van der Waals surface area contributed by atoms with Gasteiger partial charge in [0.25, 0.3) is 5.89 Å². The van der Waals surface area contributed by atoms with Gasteiger partial charge in [-0.25, -0.2) is 9.37 Å². The number of hydrogen-bond donors (Lipinski definition) is 1. The van der Waals surface area contributed by atoms with E-state index in [4.69, 9.17) is 14.2 Å². The highest BCUT2D eigenvalue weighted by Crippen LogP contribution is 2.38. The minimum atomic E-state index is -0.540. The Morgan fingerprint density at radius 2 is 1.94 bits per heavy atom.